The van der Waals surface area contributed by atoms with Crippen LogP contribution in [0.1, 0.15) is 27.5 Å². The van der Waals surface area contributed by atoms with Crippen LogP contribution in [0.5, 0.6) is 11.5 Å². The molecule has 184 valence electrons. The van der Waals surface area contributed by atoms with Gasteiger partial charge in [-0.2, -0.15) is 4.98 Å². The number of aliphatic hydroxyl groups is 1. The van der Waals surface area contributed by atoms with Crippen molar-refractivity contribution in [2.75, 3.05) is 18.7 Å². The van der Waals surface area contributed by atoms with Crippen LogP contribution in [0.25, 0.3) is 5.82 Å². The highest BCUT2D eigenvalue weighted by Gasteiger charge is 2.21. The Balaban J connectivity index is 1.34. The molecular weight excluding hydrogens is 489 g/mol. The van der Waals surface area contributed by atoms with Crippen molar-refractivity contribution in [2.24, 2.45) is 0 Å². The minimum Gasteiger partial charge on any atom is -0.454 e. The standard InChI is InChI=1S/C25H21ClFN5O4/c1-14-10-28-25(29-16-5-6-20-21(9-16)36-13-35-20)31-23(14)32-8-7-15(11-32)24(34)30-19(12-33)17-3-2-4-18(26)22(17)27/h2-11,19,33H,12-13H2,1H3,(H,30,34)(H,28,29,31). The Morgan fingerprint density at radius 1 is 1.25 bits per heavy atom. The molecule has 0 spiro atoms. The van der Waals surface area contributed by atoms with Gasteiger partial charge in [0.25, 0.3) is 5.91 Å². The number of benzene rings is 2. The van der Waals surface area contributed by atoms with Crippen molar-refractivity contribution >= 4 is 29.1 Å². The molecule has 1 aliphatic heterocycles. The average molecular weight is 510 g/mol. The SMILES string of the molecule is Cc1cnc(Nc2ccc3c(c2)OCO3)nc1-n1ccc(C(=O)NC(CO)c2cccc(Cl)c2F)c1. The number of amides is 1. The molecule has 2 aromatic heterocycles. The van der Waals surface area contributed by atoms with Crippen LogP contribution in [0.4, 0.5) is 16.0 Å². The summed E-state index contributed by atoms with van der Waals surface area (Å²) in [7, 11) is 0. The Morgan fingerprint density at radius 2 is 2.08 bits per heavy atom. The third-order valence-electron chi connectivity index (χ3n) is 5.62. The van der Waals surface area contributed by atoms with Gasteiger partial charge in [-0.05, 0) is 31.2 Å². The van der Waals surface area contributed by atoms with Crippen LogP contribution >= 0.6 is 11.6 Å². The molecule has 0 fully saturated rings. The number of hydrogen-bond donors (Lipinski definition) is 3. The monoisotopic (exact) mass is 509 g/mol. The summed E-state index contributed by atoms with van der Waals surface area (Å²) >= 11 is 5.84. The van der Waals surface area contributed by atoms with E-state index in [0.29, 0.717) is 28.8 Å². The van der Waals surface area contributed by atoms with Gasteiger partial charge in [-0.1, -0.05) is 23.7 Å². The molecule has 2 aromatic carbocycles. The number of aliphatic hydroxyl groups excluding tert-OH is 1. The summed E-state index contributed by atoms with van der Waals surface area (Å²) in [6.07, 6.45) is 4.95. The Bertz CT molecular complexity index is 1440. The number of halogens is 2. The minimum absolute atomic E-state index is 0.0873. The second kappa shape index (κ2) is 9.84. The summed E-state index contributed by atoms with van der Waals surface area (Å²) in [6.45, 7) is 1.54. The Labute approximate surface area is 210 Å². The second-order valence-electron chi connectivity index (χ2n) is 8.05. The number of anilines is 2. The Hall–Kier alpha value is -4.15. The van der Waals surface area contributed by atoms with Gasteiger partial charge in [0.05, 0.1) is 23.2 Å². The van der Waals surface area contributed by atoms with Crippen molar-refractivity contribution in [1.82, 2.24) is 19.9 Å². The first-order chi connectivity index (χ1) is 17.4. The van der Waals surface area contributed by atoms with Gasteiger partial charge in [-0.25, -0.2) is 9.37 Å². The van der Waals surface area contributed by atoms with Gasteiger partial charge in [0.1, 0.15) is 11.6 Å². The van der Waals surface area contributed by atoms with Crippen LogP contribution in [-0.2, 0) is 0 Å². The third-order valence-corrected chi connectivity index (χ3v) is 5.91. The zero-order valence-electron chi connectivity index (χ0n) is 19.0. The fourth-order valence-electron chi connectivity index (χ4n) is 3.77. The van der Waals surface area contributed by atoms with Crippen LogP contribution in [0.15, 0.2) is 61.1 Å². The van der Waals surface area contributed by atoms with Gasteiger partial charge >= 0.3 is 0 Å². The van der Waals surface area contributed by atoms with E-state index in [1.165, 1.54) is 12.1 Å². The zero-order valence-corrected chi connectivity index (χ0v) is 19.8. The molecule has 11 heteroatoms. The summed E-state index contributed by atoms with van der Waals surface area (Å²) in [5.41, 5.74) is 1.91. The zero-order chi connectivity index (χ0) is 25.2. The molecule has 3 N–H and O–H groups in total. The summed E-state index contributed by atoms with van der Waals surface area (Å²) in [5.74, 6) is 1.04. The largest absolute Gasteiger partial charge is 0.454 e. The highest BCUT2D eigenvalue weighted by Crippen LogP contribution is 2.35. The van der Waals surface area contributed by atoms with Gasteiger partial charge < -0.3 is 29.8 Å². The molecule has 3 heterocycles. The number of nitrogens with one attached hydrogen (secondary N) is 2. The molecule has 0 aliphatic carbocycles. The van der Waals surface area contributed by atoms with E-state index in [2.05, 4.69) is 20.6 Å². The van der Waals surface area contributed by atoms with Gasteiger partial charge in [0.2, 0.25) is 12.7 Å². The summed E-state index contributed by atoms with van der Waals surface area (Å²) in [6, 6.07) is 10.5. The molecule has 1 aliphatic rings. The van der Waals surface area contributed by atoms with E-state index in [0.717, 1.165) is 11.3 Å². The van der Waals surface area contributed by atoms with E-state index in [4.69, 9.17) is 21.1 Å². The van der Waals surface area contributed by atoms with E-state index in [-0.39, 0.29) is 17.4 Å². The molecule has 0 saturated carbocycles. The number of aryl methyl sites for hydroxylation is 1. The van der Waals surface area contributed by atoms with Crippen molar-refractivity contribution in [3.8, 4) is 17.3 Å². The highest BCUT2D eigenvalue weighted by molar-refractivity contribution is 6.30. The molecular formula is C25H21ClFN5O4. The fourth-order valence-corrected chi connectivity index (χ4v) is 3.96. The number of nitrogens with zero attached hydrogens (tertiary/aromatic N) is 3. The minimum atomic E-state index is -0.960. The maximum absolute atomic E-state index is 14.4. The topological polar surface area (TPSA) is 111 Å². The maximum atomic E-state index is 14.4. The molecule has 36 heavy (non-hydrogen) atoms. The first-order valence-corrected chi connectivity index (χ1v) is 11.3. The molecule has 1 atom stereocenters. The van der Waals surface area contributed by atoms with Gasteiger partial charge in [-0.15, -0.1) is 0 Å². The van der Waals surface area contributed by atoms with Crippen molar-refractivity contribution in [3.05, 3.63) is 88.6 Å². The van der Waals surface area contributed by atoms with Crippen LogP contribution in [0, 0.1) is 12.7 Å². The number of carbonyl (C=O) groups excluding carboxylic acids is 1. The molecule has 9 nitrogen and oxygen atoms in total. The molecule has 0 saturated heterocycles. The summed E-state index contributed by atoms with van der Waals surface area (Å²) in [4.78, 5) is 21.8. The maximum Gasteiger partial charge on any atom is 0.253 e. The number of hydrogen-bond acceptors (Lipinski definition) is 7. The van der Waals surface area contributed by atoms with E-state index in [1.807, 2.05) is 13.0 Å². The number of rotatable bonds is 7. The number of fused-ring (bicyclic) bond motifs is 1. The lowest BCUT2D eigenvalue weighted by molar-refractivity contribution is 0.0915. The summed E-state index contributed by atoms with van der Waals surface area (Å²) in [5, 5.41) is 15.4. The third kappa shape index (κ3) is 4.68. The molecule has 0 radical (unpaired) electrons. The molecule has 5 rings (SSSR count). The molecule has 0 bridgehead atoms. The molecule has 1 unspecified atom stereocenters. The van der Waals surface area contributed by atoms with E-state index < -0.39 is 24.4 Å². The first-order valence-electron chi connectivity index (χ1n) is 11.0. The van der Waals surface area contributed by atoms with Crippen LogP contribution in [0.3, 0.4) is 0 Å². The molecule has 1 amide bonds. The van der Waals surface area contributed by atoms with Crippen molar-refractivity contribution in [3.63, 3.8) is 0 Å². The smallest absolute Gasteiger partial charge is 0.253 e. The van der Waals surface area contributed by atoms with Crippen LogP contribution in [0.2, 0.25) is 5.02 Å². The number of ether oxygens (including phenoxy) is 2. The van der Waals surface area contributed by atoms with E-state index in [1.54, 1.807) is 47.4 Å². The predicted octanol–water partition coefficient (Wildman–Crippen LogP) is 4.30. The lowest BCUT2D eigenvalue weighted by Crippen LogP contribution is -2.31. The Morgan fingerprint density at radius 3 is 2.92 bits per heavy atom. The Kier molecular flexibility index (Phi) is 6.45. The van der Waals surface area contributed by atoms with E-state index >= 15 is 0 Å². The van der Waals surface area contributed by atoms with Crippen molar-refractivity contribution in [2.45, 2.75) is 13.0 Å². The lowest BCUT2D eigenvalue weighted by atomic mass is 10.1. The highest BCUT2D eigenvalue weighted by atomic mass is 35.5. The fraction of sp³-hybridized carbons (Fsp3) is 0.160. The van der Waals surface area contributed by atoms with E-state index in [9.17, 15) is 14.3 Å². The van der Waals surface area contributed by atoms with Crippen molar-refractivity contribution < 1.29 is 23.8 Å². The van der Waals surface area contributed by atoms with Crippen molar-refractivity contribution in [1.29, 1.82) is 0 Å². The van der Waals surface area contributed by atoms with Gasteiger partial charge in [-0.3, -0.25) is 4.79 Å². The van der Waals surface area contributed by atoms with Gasteiger partial charge in [0, 0.05) is 41.5 Å². The lowest BCUT2D eigenvalue weighted by Gasteiger charge is -2.17. The number of aromatic nitrogens is 3. The molecule has 4 aromatic rings. The van der Waals surface area contributed by atoms with Gasteiger partial charge in [0.15, 0.2) is 11.5 Å². The summed E-state index contributed by atoms with van der Waals surface area (Å²) < 4.78 is 26.8. The van der Waals surface area contributed by atoms with Crippen LogP contribution < -0.4 is 20.1 Å². The second-order valence-corrected chi connectivity index (χ2v) is 8.46. The van der Waals surface area contributed by atoms with Crippen LogP contribution in [-0.4, -0.2) is 38.9 Å². The normalized spacial score (nSPS) is 12.9. The quantitative estimate of drug-likeness (QED) is 0.340. The average Bonchev–Trinajstić information content (AvgIpc) is 3.55. The number of carbonyl (C=O) groups is 1. The predicted molar refractivity (Wildman–Crippen MR) is 131 cm³/mol. The first kappa shape index (κ1) is 23.6.